The average Bonchev–Trinajstić information content (AvgIpc) is 2.57. The molecule has 5 heteroatoms. The third kappa shape index (κ3) is 2.29. The lowest BCUT2D eigenvalue weighted by molar-refractivity contribution is 0.407. The van der Waals surface area contributed by atoms with E-state index in [0.717, 1.165) is 22.7 Å². The predicted octanol–water partition coefficient (Wildman–Crippen LogP) is 2.79. The topological polar surface area (TPSA) is 53.1 Å². The van der Waals surface area contributed by atoms with Crippen LogP contribution in [0.3, 0.4) is 0 Å². The second-order valence-electron chi connectivity index (χ2n) is 4.21. The zero-order valence-corrected chi connectivity index (χ0v) is 11.5. The fourth-order valence-electron chi connectivity index (χ4n) is 1.91. The van der Waals surface area contributed by atoms with E-state index < -0.39 is 0 Å². The molecule has 0 bridgehead atoms. The van der Waals surface area contributed by atoms with Crippen LogP contribution in [0.2, 0.25) is 5.02 Å². The number of halogens is 1. The van der Waals surface area contributed by atoms with Crippen LogP contribution in [0.25, 0.3) is 0 Å². The first kappa shape index (κ1) is 12.8. The summed E-state index contributed by atoms with van der Waals surface area (Å²) in [5, 5.41) is 5.10. The normalized spacial score (nSPS) is 10.7. The first-order valence-electron chi connectivity index (χ1n) is 5.65. The van der Waals surface area contributed by atoms with Gasteiger partial charge in [-0.25, -0.2) is 0 Å². The van der Waals surface area contributed by atoms with Crippen molar-refractivity contribution < 1.29 is 4.74 Å². The molecule has 96 valence electrons. The molecule has 0 radical (unpaired) electrons. The van der Waals surface area contributed by atoms with Crippen LogP contribution < -0.4 is 10.5 Å². The van der Waals surface area contributed by atoms with Gasteiger partial charge in [-0.15, -0.1) is 0 Å². The minimum absolute atomic E-state index is 0.591. The lowest BCUT2D eigenvalue weighted by atomic mass is 10.1. The molecule has 0 unspecified atom stereocenters. The summed E-state index contributed by atoms with van der Waals surface area (Å²) >= 11 is 6.13. The number of benzene rings is 1. The van der Waals surface area contributed by atoms with E-state index in [0.29, 0.717) is 17.3 Å². The van der Waals surface area contributed by atoms with Gasteiger partial charge in [0.2, 0.25) is 0 Å². The van der Waals surface area contributed by atoms with E-state index in [2.05, 4.69) is 5.10 Å². The second kappa shape index (κ2) is 4.90. The molecule has 0 saturated carbocycles. The van der Waals surface area contributed by atoms with E-state index in [1.54, 1.807) is 7.11 Å². The van der Waals surface area contributed by atoms with E-state index in [-0.39, 0.29) is 0 Å². The van der Waals surface area contributed by atoms with Gasteiger partial charge in [-0.1, -0.05) is 11.6 Å². The molecule has 0 amide bonds. The highest BCUT2D eigenvalue weighted by molar-refractivity contribution is 6.31. The van der Waals surface area contributed by atoms with Crippen LogP contribution in [0.15, 0.2) is 18.2 Å². The highest BCUT2D eigenvalue weighted by Gasteiger charge is 2.11. The number of hydrogen-bond donors (Lipinski definition) is 1. The van der Waals surface area contributed by atoms with Crippen molar-refractivity contribution in [3.05, 3.63) is 40.2 Å². The van der Waals surface area contributed by atoms with Crippen LogP contribution >= 0.6 is 11.6 Å². The van der Waals surface area contributed by atoms with Crippen molar-refractivity contribution in [2.75, 3.05) is 12.8 Å². The molecule has 0 aliphatic carbocycles. The Bertz CT molecular complexity index is 578. The Morgan fingerprint density at radius 1 is 1.39 bits per heavy atom. The summed E-state index contributed by atoms with van der Waals surface area (Å²) in [5.74, 6) is 0.799. The molecule has 2 N–H and O–H groups in total. The first-order chi connectivity index (χ1) is 8.52. The Morgan fingerprint density at radius 3 is 2.67 bits per heavy atom. The summed E-state index contributed by atoms with van der Waals surface area (Å²) in [5.41, 5.74) is 9.26. The van der Waals surface area contributed by atoms with E-state index >= 15 is 0 Å². The smallest absolute Gasteiger partial charge is 0.124 e. The van der Waals surface area contributed by atoms with Crippen molar-refractivity contribution >= 4 is 17.3 Å². The quantitative estimate of drug-likeness (QED) is 0.869. The van der Waals surface area contributed by atoms with Crippen molar-refractivity contribution in [2.45, 2.75) is 20.4 Å². The van der Waals surface area contributed by atoms with Crippen LogP contribution in [-0.2, 0) is 6.54 Å². The summed E-state index contributed by atoms with van der Waals surface area (Å²) in [4.78, 5) is 0. The summed E-state index contributed by atoms with van der Waals surface area (Å²) in [6.07, 6.45) is 0. The van der Waals surface area contributed by atoms with E-state index in [9.17, 15) is 0 Å². The molecule has 18 heavy (non-hydrogen) atoms. The third-order valence-corrected chi connectivity index (χ3v) is 3.46. The van der Waals surface area contributed by atoms with Gasteiger partial charge in [0.15, 0.2) is 0 Å². The minimum Gasteiger partial charge on any atom is -0.496 e. The number of ether oxygens (including phenoxy) is 1. The maximum Gasteiger partial charge on any atom is 0.124 e. The number of rotatable bonds is 3. The molecule has 1 heterocycles. The monoisotopic (exact) mass is 265 g/mol. The van der Waals surface area contributed by atoms with Gasteiger partial charge in [0.25, 0.3) is 0 Å². The third-order valence-electron chi connectivity index (χ3n) is 2.92. The fourth-order valence-corrected chi connectivity index (χ4v) is 2.05. The molecule has 1 aromatic heterocycles. The zero-order chi connectivity index (χ0) is 13.3. The number of nitrogens with two attached hydrogens (primary N) is 1. The van der Waals surface area contributed by atoms with Crippen LogP contribution in [0, 0.1) is 13.8 Å². The number of nitrogens with zero attached hydrogens (tertiary/aromatic N) is 2. The molecule has 0 aliphatic heterocycles. The van der Waals surface area contributed by atoms with Gasteiger partial charge in [-0.2, -0.15) is 5.10 Å². The van der Waals surface area contributed by atoms with E-state index in [1.807, 2.05) is 36.7 Å². The van der Waals surface area contributed by atoms with Crippen LogP contribution in [0.4, 0.5) is 5.69 Å². The lowest BCUT2D eigenvalue weighted by Crippen LogP contribution is -2.06. The van der Waals surface area contributed by atoms with Gasteiger partial charge in [0, 0.05) is 11.3 Å². The summed E-state index contributed by atoms with van der Waals surface area (Å²) in [6.45, 7) is 4.43. The van der Waals surface area contributed by atoms with Crippen LogP contribution in [-0.4, -0.2) is 16.9 Å². The van der Waals surface area contributed by atoms with Gasteiger partial charge in [-0.05, 0) is 32.0 Å². The maximum absolute atomic E-state index is 6.13. The van der Waals surface area contributed by atoms with Crippen molar-refractivity contribution in [1.29, 1.82) is 0 Å². The van der Waals surface area contributed by atoms with Gasteiger partial charge < -0.3 is 10.5 Å². The molecular weight excluding hydrogens is 250 g/mol. The molecule has 0 saturated heterocycles. The van der Waals surface area contributed by atoms with Gasteiger partial charge in [0.05, 0.1) is 30.1 Å². The highest BCUT2D eigenvalue weighted by Crippen LogP contribution is 2.25. The Labute approximate surface area is 111 Å². The van der Waals surface area contributed by atoms with Gasteiger partial charge >= 0.3 is 0 Å². The minimum atomic E-state index is 0.591. The highest BCUT2D eigenvalue weighted by atomic mass is 35.5. The Hall–Kier alpha value is -1.68. The molecule has 4 nitrogen and oxygen atoms in total. The van der Waals surface area contributed by atoms with Crippen molar-refractivity contribution in [3.63, 3.8) is 0 Å². The molecule has 0 fully saturated rings. The number of hydrogen-bond acceptors (Lipinski definition) is 3. The zero-order valence-electron chi connectivity index (χ0n) is 10.7. The molecule has 2 rings (SSSR count). The SMILES string of the molecule is COc1ccc(N)cc1Cn1nc(C)c(Cl)c1C. The van der Waals surface area contributed by atoms with Gasteiger partial charge in [-0.3, -0.25) is 4.68 Å². The number of methoxy groups -OCH3 is 1. The molecular formula is C13H16ClN3O. The molecule has 2 aromatic rings. The van der Waals surface area contributed by atoms with Crippen molar-refractivity contribution in [2.24, 2.45) is 0 Å². The second-order valence-corrected chi connectivity index (χ2v) is 4.59. The van der Waals surface area contributed by atoms with Crippen molar-refractivity contribution in [3.8, 4) is 5.75 Å². The Balaban J connectivity index is 2.39. The standard InChI is InChI=1S/C13H16ClN3O/c1-8-13(14)9(2)17(16-8)7-10-6-11(15)4-5-12(10)18-3/h4-6H,7,15H2,1-3H3. The number of nitrogen functional groups attached to an aromatic ring is 1. The number of anilines is 1. The van der Waals surface area contributed by atoms with Crippen LogP contribution in [0.5, 0.6) is 5.75 Å². The molecule has 0 atom stereocenters. The first-order valence-corrected chi connectivity index (χ1v) is 6.02. The number of aromatic nitrogens is 2. The van der Waals surface area contributed by atoms with E-state index in [4.69, 9.17) is 22.1 Å². The van der Waals surface area contributed by atoms with Crippen molar-refractivity contribution in [1.82, 2.24) is 9.78 Å². The molecule has 0 aliphatic rings. The largest absolute Gasteiger partial charge is 0.496 e. The molecule has 0 spiro atoms. The summed E-state index contributed by atoms with van der Waals surface area (Å²) in [6, 6.07) is 5.57. The van der Waals surface area contributed by atoms with Gasteiger partial charge in [0.1, 0.15) is 5.75 Å². The summed E-state index contributed by atoms with van der Waals surface area (Å²) in [7, 11) is 1.64. The molecule has 1 aromatic carbocycles. The lowest BCUT2D eigenvalue weighted by Gasteiger charge is -2.10. The van der Waals surface area contributed by atoms with Crippen LogP contribution in [0.1, 0.15) is 17.0 Å². The Kier molecular flexibility index (Phi) is 3.48. The maximum atomic E-state index is 6.13. The number of aryl methyl sites for hydroxylation is 1. The van der Waals surface area contributed by atoms with E-state index in [1.165, 1.54) is 0 Å². The summed E-state index contributed by atoms with van der Waals surface area (Å²) < 4.78 is 7.18. The Morgan fingerprint density at radius 2 is 2.11 bits per heavy atom. The average molecular weight is 266 g/mol. The predicted molar refractivity (Wildman–Crippen MR) is 73.2 cm³/mol. The fraction of sp³-hybridized carbons (Fsp3) is 0.308.